The van der Waals surface area contributed by atoms with Gasteiger partial charge in [-0.2, -0.15) is 13.2 Å². The Kier molecular flexibility index (Phi) is 5.11. The average molecular weight is 349 g/mol. The lowest BCUT2D eigenvalue weighted by Gasteiger charge is -2.22. The number of hydrogen-bond donors (Lipinski definition) is 2. The van der Waals surface area contributed by atoms with Gasteiger partial charge in [-0.3, -0.25) is 0 Å². The summed E-state index contributed by atoms with van der Waals surface area (Å²) in [5, 5.41) is 12.7. The molecule has 0 aliphatic carbocycles. The van der Waals surface area contributed by atoms with Crippen LogP contribution in [0.4, 0.5) is 23.4 Å². The number of rotatable bonds is 4. The van der Waals surface area contributed by atoms with Crippen molar-refractivity contribution in [1.29, 1.82) is 0 Å². The van der Waals surface area contributed by atoms with Crippen LogP contribution in [-0.4, -0.2) is 16.1 Å². The molecule has 124 valence electrons. The summed E-state index contributed by atoms with van der Waals surface area (Å²) in [6.07, 6.45) is -4.89. The molecule has 0 fully saturated rings. The highest BCUT2D eigenvalue weighted by Gasteiger charge is 2.31. The van der Waals surface area contributed by atoms with Crippen LogP contribution in [0.1, 0.15) is 24.2 Å². The molecule has 0 spiro atoms. The SMILES string of the molecule is C[C@H](Nc1ncc(C(F)(F)F)cc1Cl)[C@@H](O)c1ccc(F)cc1. The predicted octanol–water partition coefficient (Wildman–Crippen LogP) is 4.43. The van der Waals surface area contributed by atoms with Gasteiger partial charge in [-0.1, -0.05) is 23.7 Å². The fourth-order valence-corrected chi connectivity index (χ4v) is 2.16. The first-order chi connectivity index (χ1) is 10.7. The summed E-state index contributed by atoms with van der Waals surface area (Å²) >= 11 is 5.79. The molecule has 8 heteroatoms. The van der Waals surface area contributed by atoms with E-state index in [4.69, 9.17) is 11.6 Å². The van der Waals surface area contributed by atoms with Gasteiger partial charge in [-0.05, 0) is 30.7 Å². The second kappa shape index (κ2) is 6.72. The zero-order valence-electron chi connectivity index (χ0n) is 11.9. The van der Waals surface area contributed by atoms with E-state index in [2.05, 4.69) is 10.3 Å². The van der Waals surface area contributed by atoms with Crippen molar-refractivity contribution in [2.45, 2.75) is 25.2 Å². The van der Waals surface area contributed by atoms with Crippen molar-refractivity contribution >= 4 is 17.4 Å². The van der Waals surface area contributed by atoms with Crippen molar-refractivity contribution in [3.63, 3.8) is 0 Å². The maximum absolute atomic E-state index is 12.9. The lowest BCUT2D eigenvalue weighted by Crippen LogP contribution is -2.25. The number of alkyl halides is 3. The largest absolute Gasteiger partial charge is 0.417 e. The summed E-state index contributed by atoms with van der Waals surface area (Å²) in [5.41, 5.74) is -0.505. The van der Waals surface area contributed by atoms with Gasteiger partial charge in [0.15, 0.2) is 0 Å². The lowest BCUT2D eigenvalue weighted by atomic mass is 10.0. The molecule has 0 aliphatic rings. The number of nitrogens with zero attached hydrogens (tertiary/aromatic N) is 1. The minimum atomic E-state index is -4.53. The highest BCUT2D eigenvalue weighted by molar-refractivity contribution is 6.33. The van der Waals surface area contributed by atoms with Crippen LogP contribution >= 0.6 is 11.6 Å². The Morgan fingerprint density at radius 2 is 1.83 bits per heavy atom. The van der Waals surface area contributed by atoms with Crippen LogP contribution < -0.4 is 5.32 Å². The van der Waals surface area contributed by atoms with Crippen LogP contribution in [-0.2, 0) is 6.18 Å². The Hall–Kier alpha value is -1.86. The third-order valence-corrected chi connectivity index (χ3v) is 3.51. The minimum absolute atomic E-state index is 0.0216. The normalized spacial score (nSPS) is 14.4. The summed E-state index contributed by atoms with van der Waals surface area (Å²) < 4.78 is 50.5. The highest BCUT2D eigenvalue weighted by Crippen LogP contribution is 2.33. The molecule has 0 amide bonds. The fraction of sp³-hybridized carbons (Fsp3) is 0.267. The van der Waals surface area contributed by atoms with Gasteiger partial charge in [0, 0.05) is 6.20 Å². The van der Waals surface area contributed by atoms with E-state index in [0.717, 1.165) is 6.07 Å². The van der Waals surface area contributed by atoms with Crippen LogP contribution in [0, 0.1) is 5.82 Å². The summed E-state index contributed by atoms with van der Waals surface area (Å²) in [5.74, 6) is -0.414. The van der Waals surface area contributed by atoms with Crippen molar-refractivity contribution in [3.8, 4) is 0 Å². The molecule has 23 heavy (non-hydrogen) atoms. The van der Waals surface area contributed by atoms with Crippen LogP contribution in [0.5, 0.6) is 0 Å². The van der Waals surface area contributed by atoms with Crippen molar-refractivity contribution in [2.75, 3.05) is 5.32 Å². The Balaban J connectivity index is 2.13. The smallest absolute Gasteiger partial charge is 0.386 e. The van der Waals surface area contributed by atoms with Crippen LogP contribution in [0.25, 0.3) is 0 Å². The van der Waals surface area contributed by atoms with Gasteiger partial charge in [0.2, 0.25) is 0 Å². The lowest BCUT2D eigenvalue weighted by molar-refractivity contribution is -0.137. The van der Waals surface area contributed by atoms with Gasteiger partial charge in [0.25, 0.3) is 0 Å². The number of nitrogens with one attached hydrogen (secondary N) is 1. The Morgan fingerprint density at radius 1 is 1.22 bits per heavy atom. The zero-order valence-corrected chi connectivity index (χ0v) is 12.7. The molecule has 2 rings (SSSR count). The Morgan fingerprint density at radius 3 is 2.35 bits per heavy atom. The first-order valence-corrected chi connectivity index (χ1v) is 6.99. The maximum atomic E-state index is 12.9. The predicted molar refractivity (Wildman–Crippen MR) is 78.7 cm³/mol. The molecular formula is C15H13ClF4N2O. The van der Waals surface area contributed by atoms with Gasteiger partial charge in [0.1, 0.15) is 11.6 Å². The van der Waals surface area contributed by atoms with E-state index in [9.17, 15) is 22.7 Å². The van der Waals surface area contributed by atoms with E-state index in [1.165, 1.54) is 24.3 Å². The van der Waals surface area contributed by atoms with Crippen molar-refractivity contribution in [3.05, 3.63) is 58.5 Å². The van der Waals surface area contributed by atoms with E-state index in [0.29, 0.717) is 11.8 Å². The molecule has 0 saturated carbocycles. The topological polar surface area (TPSA) is 45.2 Å². The van der Waals surface area contributed by atoms with E-state index < -0.39 is 29.7 Å². The van der Waals surface area contributed by atoms with Crippen molar-refractivity contribution in [1.82, 2.24) is 4.98 Å². The van der Waals surface area contributed by atoms with Crippen molar-refractivity contribution < 1.29 is 22.7 Å². The molecule has 0 saturated heterocycles. The number of halogens is 5. The number of anilines is 1. The molecule has 0 radical (unpaired) electrons. The highest BCUT2D eigenvalue weighted by atomic mass is 35.5. The van der Waals surface area contributed by atoms with E-state index in [1.807, 2.05) is 0 Å². The number of pyridine rings is 1. The summed E-state index contributed by atoms with van der Waals surface area (Å²) in [7, 11) is 0. The first-order valence-electron chi connectivity index (χ1n) is 6.61. The molecule has 1 heterocycles. The van der Waals surface area contributed by atoms with E-state index in [1.54, 1.807) is 6.92 Å². The fourth-order valence-electron chi connectivity index (χ4n) is 1.94. The van der Waals surface area contributed by atoms with Crippen LogP contribution in [0.15, 0.2) is 36.5 Å². The number of hydrogen-bond acceptors (Lipinski definition) is 3. The third-order valence-electron chi connectivity index (χ3n) is 3.22. The summed E-state index contributed by atoms with van der Waals surface area (Å²) in [6, 6.07) is 5.39. The average Bonchev–Trinajstić information content (AvgIpc) is 2.48. The first kappa shape index (κ1) is 17.5. The molecule has 0 unspecified atom stereocenters. The van der Waals surface area contributed by atoms with E-state index >= 15 is 0 Å². The molecule has 1 aromatic heterocycles. The summed E-state index contributed by atoms with van der Waals surface area (Å²) in [4.78, 5) is 3.64. The third kappa shape index (κ3) is 4.33. The number of aliphatic hydroxyl groups is 1. The van der Waals surface area contributed by atoms with Gasteiger partial charge in [-0.15, -0.1) is 0 Å². The number of aromatic nitrogens is 1. The minimum Gasteiger partial charge on any atom is -0.386 e. The Bertz CT molecular complexity index is 676. The van der Waals surface area contributed by atoms with Gasteiger partial charge < -0.3 is 10.4 Å². The van der Waals surface area contributed by atoms with Crippen molar-refractivity contribution in [2.24, 2.45) is 0 Å². The van der Waals surface area contributed by atoms with E-state index in [-0.39, 0.29) is 10.8 Å². The van der Waals surface area contributed by atoms with Crippen LogP contribution in [0.3, 0.4) is 0 Å². The quantitative estimate of drug-likeness (QED) is 0.804. The molecule has 2 atom stereocenters. The molecule has 0 aliphatic heterocycles. The second-order valence-electron chi connectivity index (χ2n) is 4.98. The van der Waals surface area contributed by atoms with Gasteiger partial charge in [-0.25, -0.2) is 9.37 Å². The zero-order chi connectivity index (χ0) is 17.2. The van der Waals surface area contributed by atoms with Crippen LogP contribution in [0.2, 0.25) is 5.02 Å². The molecule has 2 N–H and O–H groups in total. The molecule has 3 nitrogen and oxygen atoms in total. The number of aliphatic hydroxyl groups excluding tert-OH is 1. The second-order valence-corrected chi connectivity index (χ2v) is 5.39. The molecular weight excluding hydrogens is 336 g/mol. The molecule has 1 aromatic carbocycles. The summed E-state index contributed by atoms with van der Waals surface area (Å²) in [6.45, 7) is 1.60. The van der Waals surface area contributed by atoms with Gasteiger partial charge >= 0.3 is 6.18 Å². The molecule has 0 bridgehead atoms. The van der Waals surface area contributed by atoms with Gasteiger partial charge in [0.05, 0.1) is 22.7 Å². The maximum Gasteiger partial charge on any atom is 0.417 e. The number of benzene rings is 1. The monoisotopic (exact) mass is 348 g/mol. The molecule has 2 aromatic rings. The Labute approximate surface area is 134 Å². The standard InChI is InChI=1S/C15H13ClF4N2O/c1-8(13(23)9-2-4-11(17)5-3-9)22-14-12(16)6-10(7-21-14)15(18,19)20/h2-8,13,23H,1H3,(H,21,22)/t8-,13+/m0/s1.